The van der Waals surface area contributed by atoms with E-state index in [1.54, 1.807) is 30.3 Å². The minimum Gasteiger partial charge on any atom is -0.459 e. The third kappa shape index (κ3) is 5.42. The van der Waals surface area contributed by atoms with Gasteiger partial charge in [-0.25, -0.2) is 0 Å². The number of thiocarbonyl (C=S) groups is 1. The van der Waals surface area contributed by atoms with Gasteiger partial charge in [0.15, 0.2) is 10.9 Å². The fraction of sp³-hybridized carbons (Fsp3) is 0.0435. The van der Waals surface area contributed by atoms with Crippen molar-refractivity contribution in [1.82, 2.24) is 10.6 Å². The predicted octanol–water partition coefficient (Wildman–Crippen LogP) is 7.08. The van der Waals surface area contributed by atoms with Crippen molar-refractivity contribution in [2.45, 2.75) is 6.54 Å². The van der Waals surface area contributed by atoms with Gasteiger partial charge in [-0.05, 0) is 66.8 Å². The lowest BCUT2D eigenvalue weighted by Crippen LogP contribution is -2.38. The Morgan fingerprint density at radius 3 is 2.31 bits per heavy atom. The Morgan fingerprint density at radius 2 is 1.56 bits per heavy atom. The Hall–Kier alpha value is -2.58. The van der Waals surface area contributed by atoms with Gasteiger partial charge >= 0.3 is 0 Å². The molecule has 4 aromatic rings. The molecule has 1 amide bonds. The number of carbonyl (C=O) groups is 1. The van der Waals surface area contributed by atoms with Crippen LogP contribution in [0.25, 0.3) is 22.6 Å². The van der Waals surface area contributed by atoms with Crippen molar-refractivity contribution in [2.24, 2.45) is 0 Å². The molecule has 5 nitrogen and oxygen atoms in total. The maximum absolute atomic E-state index is 12.4. The van der Waals surface area contributed by atoms with Gasteiger partial charge in [-0.3, -0.25) is 10.1 Å². The number of nitrogens with one attached hydrogen (secondary N) is 2. The molecule has 0 bridgehead atoms. The molecule has 162 valence electrons. The summed E-state index contributed by atoms with van der Waals surface area (Å²) in [6.45, 7) is 0.322. The van der Waals surface area contributed by atoms with E-state index in [4.69, 9.17) is 44.3 Å². The zero-order chi connectivity index (χ0) is 22.7. The summed E-state index contributed by atoms with van der Waals surface area (Å²) in [6, 6.07) is 19.9. The van der Waals surface area contributed by atoms with E-state index in [1.807, 2.05) is 36.4 Å². The molecule has 2 N–H and O–H groups in total. The summed E-state index contributed by atoms with van der Waals surface area (Å²) in [7, 11) is 0. The minimum atomic E-state index is -0.469. The highest BCUT2D eigenvalue weighted by molar-refractivity contribution is 9.10. The van der Waals surface area contributed by atoms with Gasteiger partial charge in [0.05, 0.1) is 16.6 Å². The van der Waals surface area contributed by atoms with Crippen molar-refractivity contribution in [3.05, 3.63) is 92.8 Å². The molecule has 0 aliphatic rings. The molecule has 0 saturated carbocycles. The van der Waals surface area contributed by atoms with Gasteiger partial charge in [-0.1, -0.05) is 51.3 Å². The Morgan fingerprint density at radius 1 is 0.875 bits per heavy atom. The number of carbonyl (C=O) groups excluding carboxylic acids is 1. The van der Waals surface area contributed by atoms with Crippen LogP contribution < -0.4 is 10.6 Å². The van der Waals surface area contributed by atoms with Gasteiger partial charge in [-0.2, -0.15) is 0 Å². The fourth-order valence-electron chi connectivity index (χ4n) is 2.88. The van der Waals surface area contributed by atoms with Gasteiger partial charge in [0.25, 0.3) is 5.91 Å². The van der Waals surface area contributed by atoms with Crippen LogP contribution in [0, 0.1) is 0 Å². The van der Waals surface area contributed by atoms with Crippen molar-refractivity contribution in [1.29, 1.82) is 0 Å². The summed E-state index contributed by atoms with van der Waals surface area (Å²) in [6.07, 6.45) is 0. The molecular weight excluding hydrogens is 535 g/mol. The number of benzene rings is 2. The molecule has 2 heterocycles. The molecule has 4 rings (SSSR count). The molecule has 0 atom stereocenters. The first-order chi connectivity index (χ1) is 15.4. The molecule has 0 aliphatic heterocycles. The number of amides is 1. The first-order valence-corrected chi connectivity index (χ1v) is 11.3. The maximum Gasteiger partial charge on any atom is 0.293 e. The lowest BCUT2D eigenvalue weighted by Gasteiger charge is -2.07. The molecule has 2 aromatic carbocycles. The zero-order valence-corrected chi connectivity index (χ0v) is 20.2. The fourth-order valence-corrected chi connectivity index (χ4v) is 3.61. The third-order valence-corrected chi connectivity index (χ3v) is 5.99. The number of rotatable bonds is 5. The summed E-state index contributed by atoms with van der Waals surface area (Å²) in [5.74, 6) is 1.56. The zero-order valence-electron chi connectivity index (χ0n) is 16.3. The number of halogens is 3. The van der Waals surface area contributed by atoms with Crippen LogP contribution in [-0.2, 0) is 6.54 Å². The second kappa shape index (κ2) is 9.92. The van der Waals surface area contributed by atoms with Crippen molar-refractivity contribution >= 4 is 62.4 Å². The molecule has 0 radical (unpaired) electrons. The van der Waals surface area contributed by atoms with Crippen LogP contribution in [0.5, 0.6) is 0 Å². The van der Waals surface area contributed by atoms with Crippen LogP contribution in [0.4, 0.5) is 0 Å². The quantitative estimate of drug-likeness (QED) is 0.260. The Labute approximate surface area is 207 Å². The van der Waals surface area contributed by atoms with Crippen LogP contribution >= 0.6 is 51.3 Å². The average molecular weight is 550 g/mol. The van der Waals surface area contributed by atoms with E-state index in [0.29, 0.717) is 33.7 Å². The van der Waals surface area contributed by atoms with Gasteiger partial charge in [0, 0.05) is 15.6 Å². The van der Waals surface area contributed by atoms with Gasteiger partial charge in [0.1, 0.15) is 17.3 Å². The van der Waals surface area contributed by atoms with Crippen LogP contribution in [0.15, 0.2) is 80.0 Å². The molecule has 32 heavy (non-hydrogen) atoms. The average Bonchev–Trinajstić information content (AvgIpc) is 3.45. The van der Waals surface area contributed by atoms with Gasteiger partial charge < -0.3 is 14.2 Å². The van der Waals surface area contributed by atoms with Crippen molar-refractivity contribution < 1.29 is 13.6 Å². The van der Waals surface area contributed by atoms with E-state index in [9.17, 15) is 4.79 Å². The summed E-state index contributed by atoms with van der Waals surface area (Å²) >= 11 is 20.6. The first-order valence-electron chi connectivity index (χ1n) is 9.38. The Balaban J connectivity index is 1.33. The Bertz CT molecular complexity index is 1280. The molecular formula is C23H15BrCl2N2O3S. The molecule has 0 saturated heterocycles. The number of hydrogen-bond acceptors (Lipinski definition) is 4. The first kappa shape index (κ1) is 22.6. The summed E-state index contributed by atoms with van der Waals surface area (Å²) in [4.78, 5) is 12.4. The SMILES string of the molecule is O=C(NC(=S)NCc1ccc(-c2ccc(Br)cc2)o1)c1ccc(-c2ccc(Cl)c(Cl)c2)o1. The summed E-state index contributed by atoms with van der Waals surface area (Å²) in [5.41, 5.74) is 1.67. The van der Waals surface area contributed by atoms with Crippen LogP contribution in [0.1, 0.15) is 16.3 Å². The van der Waals surface area contributed by atoms with E-state index in [0.717, 1.165) is 15.8 Å². The molecule has 0 fully saturated rings. The van der Waals surface area contributed by atoms with Crippen LogP contribution in [-0.4, -0.2) is 11.0 Å². The number of furan rings is 2. The van der Waals surface area contributed by atoms with Crippen molar-refractivity contribution in [3.8, 4) is 22.6 Å². The van der Waals surface area contributed by atoms with E-state index in [1.165, 1.54) is 0 Å². The molecule has 9 heteroatoms. The minimum absolute atomic E-state index is 0.116. The van der Waals surface area contributed by atoms with Crippen molar-refractivity contribution in [3.63, 3.8) is 0 Å². The second-order valence-corrected chi connectivity index (χ2v) is 8.84. The molecule has 0 spiro atoms. The second-order valence-electron chi connectivity index (χ2n) is 6.70. The highest BCUT2D eigenvalue weighted by atomic mass is 79.9. The smallest absolute Gasteiger partial charge is 0.293 e. The highest BCUT2D eigenvalue weighted by Gasteiger charge is 2.15. The monoisotopic (exact) mass is 548 g/mol. The lowest BCUT2D eigenvalue weighted by molar-refractivity contribution is 0.0950. The maximum atomic E-state index is 12.4. The van der Waals surface area contributed by atoms with Gasteiger partial charge in [-0.15, -0.1) is 0 Å². The summed E-state index contributed by atoms with van der Waals surface area (Å²) < 4.78 is 12.5. The number of hydrogen-bond donors (Lipinski definition) is 2. The molecule has 0 aliphatic carbocycles. The standard InChI is InChI=1S/C23H15BrCl2N2O3S/c24-15-4-1-13(2-5-15)19-8-6-16(30-19)12-27-23(32)28-22(29)21-10-9-20(31-21)14-3-7-17(25)18(26)11-14/h1-11H,12H2,(H2,27,28,29,32). The van der Waals surface area contributed by atoms with E-state index in [-0.39, 0.29) is 10.9 Å². The van der Waals surface area contributed by atoms with Gasteiger partial charge in [0.2, 0.25) is 0 Å². The van der Waals surface area contributed by atoms with Crippen LogP contribution in [0.3, 0.4) is 0 Å². The normalized spacial score (nSPS) is 10.7. The van der Waals surface area contributed by atoms with Crippen molar-refractivity contribution in [2.75, 3.05) is 0 Å². The van der Waals surface area contributed by atoms with E-state index >= 15 is 0 Å². The predicted molar refractivity (Wildman–Crippen MR) is 133 cm³/mol. The molecule has 0 unspecified atom stereocenters. The van der Waals surface area contributed by atoms with E-state index in [2.05, 4.69) is 26.6 Å². The lowest BCUT2D eigenvalue weighted by atomic mass is 10.2. The topological polar surface area (TPSA) is 67.4 Å². The van der Waals surface area contributed by atoms with E-state index < -0.39 is 5.91 Å². The largest absolute Gasteiger partial charge is 0.459 e. The Kier molecular flexibility index (Phi) is 7.01. The summed E-state index contributed by atoms with van der Waals surface area (Å²) in [5, 5.41) is 6.54. The third-order valence-electron chi connectivity index (χ3n) is 4.47. The van der Waals surface area contributed by atoms with Crippen LogP contribution in [0.2, 0.25) is 10.0 Å². The molecule has 2 aromatic heterocycles. The highest BCUT2D eigenvalue weighted by Crippen LogP contribution is 2.29.